The van der Waals surface area contributed by atoms with Crippen molar-refractivity contribution in [3.05, 3.63) is 187 Å². The Morgan fingerprint density at radius 2 is 1.02 bits per heavy atom. The van der Waals surface area contributed by atoms with Crippen LogP contribution in [0.25, 0.3) is 82.7 Å². The van der Waals surface area contributed by atoms with E-state index in [2.05, 4.69) is 194 Å². The third kappa shape index (κ3) is 5.06. The Hall–Kier alpha value is -6.49. The fourth-order valence-corrected chi connectivity index (χ4v) is 9.70. The van der Waals surface area contributed by atoms with Gasteiger partial charge in [-0.15, -0.1) is 0 Å². The monoisotopic (exact) mass is 721 g/mol. The molecule has 0 atom stereocenters. The summed E-state index contributed by atoms with van der Waals surface area (Å²) in [5.41, 5.74) is 12.9. The smallest absolute Gasteiger partial charge is 0.193 e. The van der Waals surface area contributed by atoms with E-state index in [9.17, 15) is 0 Å². The Bertz CT molecular complexity index is 3060. The standard InChI is InChI=1S/C51H35N3S/c1-51(2)44-26-9-7-22-38(44)42-29-43-41-23-8-10-27-48(41)54(49(43)30-45(42)51)34-18-13-19-35(28-34)55-50-52-46(39-24-11-16-32-14-3-5-20-36(32)39)31-47(53-50)40-25-12-17-33-15-4-6-21-37(33)40/h3-31H,1-2H3. The van der Waals surface area contributed by atoms with Gasteiger partial charge in [0, 0.05) is 37.9 Å². The summed E-state index contributed by atoms with van der Waals surface area (Å²) in [4.78, 5) is 11.6. The van der Waals surface area contributed by atoms with Crippen LogP contribution in [0.2, 0.25) is 0 Å². The molecule has 1 aliphatic carbocycles. The summed E-state index contributed by atoms with van der Waals surface area (Å²) >= 11 is 1.61. The molecule has 55 heavy (non-hydrogen) atoms. The van der Waals surface area contributed by atoms with E-state index >= 15 is 0 Å². The fourth-order valence-electron chi connectivity index (χ4n) is 8.88. The van der Waals surface area contributed by atoms with Crippen LogP contribution >= 0.6 is 11.8 Å². The molecule has 1 aliphatic rings. The Morgan fingerprint density at radius 3 is 1.75 bits per heavy atom. The van der Waals surface area contributed by atoms with E-state index in [1.165, 1.54) is 65.6 Å². The maximum atomic E-state index is 5.27. The number of benzene rings is 8. The van der Waals surface area contributed by atoms with Crippen molar-refractivity contribution in [1.82, 2.24) is 14.5 Å². The molecule has 0 fully saturated rings. The Labute approximate surface area is 324 Å². The van der Waals surface area contributed by atoms with Crippen molar-refractivity contribution < 1.29 is 0 Å². The predicted molar refractivity (Wildman–Crippen MR) is 230 cm³/mol. The highest BCUT2D eigenvalue weighted by Crippen LogP contribution is 2.51. The summed E-state index contributed by atoms with van der Waals surface area (Å²) in [7, 11) is 0. The molecular formula is C51H35N3S. The van der Waals surface area contributed by atoms with Crippen LogP contribution in [0.1, 0.15) is 25.0 Å². The first kappa shape index (κ1) is 32.0. The van der Waals surface area contributed by atoms with Crippen molar-refractivity contribution in [2.24, 2.45) is 0 Å². The molecule has 8 aromatic carbocycles. The highest BCUT2D eigenvalue weighted by atomic mass is 32.2. The third-order valence-corrected chi connectivity index (χ3v) is 12.4. The van der Waals surface area contributed by atoms with Gasteiger partial charge >= 0.3 is 0 Å². The summed E-state index contributed by atoms with van der Waals surface area (Å²) in [5, 5.41) is 7.97. The van der Waals surface area contributed by atoms with Crippen molar-refractivity contribution in [3.8, 4) is 39.3 Å². The van der Waals surface area contributed by atoms with Crippen LogP contribution in [0.5, 0.6) is 0 Å². The lowest BCUT2D eigenvalue weighted by Crippen LogP contribution is -2.14. The molecule has 3 nitrogen and oxygen atoms in total. The molecule has 11 rings (SSSR count). The molecule has 2 heterocycles. The molecule has 0 bridgehead atoms. The van der Waals surface area contributed by atoms with Gasteiger partial charge in [-0.1, -0.05) is 147 Å². The molecule has 0 aliphatic heterocycles. The number of nitrogens with zero attached hydrogens (tertiary/aromatic N) is 3. The molecule has 0 radical (unpaired) electrons. The zero-order valence-electron chi connectivity index (χ0n) is 30.5. The van der Waals surface area contributed by atoms with Crippen molar-refractivity contribution in [3.63, 3.8) is 0 Å². The predicted octanol–water partition coefficient (Wildman–Crippen LogP) is 13.7. The average molecular weight is 722 g/mol. The number of rotatable bonds is 5. The van der Waals surface area contributed by atoms with E-state index in [-0.39, 0.29) is 5.41 Å². The molecule has 10 aromatic rings. The number of hydrogen-bond donors (Lipinski definition) is 0. The minimum absolute atomic E-state index is 0.0900. The molecule has 0 saturated carbocycles. The lowest BCUT2D eigenvalue weighted by Gasteiger charge is -2.21. The van der Waals surface area contributed by atoms with Crippen LogP contribution in [-0.4, -0.2) is 14.5 Å². The Kier molecular flexibility index (Phi) is 7.14. The molecule has 0 N–H and O–H groups in total. The maximum Gasteiger partial charge on any atom is 0.193 e. The molecule has 0 saturated heterocycles. The van der Waals surface area contributed by atoms with Gasteiger partial charge in [0.1, 0.15) is 0 Å². The van der Waals surface area contributed by atoms with Crippen LogP contribution in [0.15, 0.2) is 186 Å². The van der Waals surface area contributed by atoms with Crippen LogP contribution in [-0.2, 0) is 5.41 Å². The van der Waals surface area contributed by atoms with Gasteiger partial charge < -0.3 is 4.57 Å². The maximum absolute atomic E-state index is 5.27. The molecule has 2 aromatic heterocycles. The van der Waals surface area contributed by atoms with Crippen LogP contribution in [0, 0.1) is 0 Å². The van der Waals surface area contributed by atoms with E-state index < -0.39 is 0 Å². The summed E-state index contributed by atoms with van der Waals surface area (Å²) in [6.07, 6.45) is 0. The quantitative estimate of drug-likeness (QED) is 0.166. The SMILES string of the molecule is CC1(C)c2ccccc2-c2cc3c4ccccc4n(-c4cccc(Sc5nc(-c6cccc7ccccc67)cc(-c6cccc7ccccc67)n5)c4)c3cc21. The first-order valence-corrected chi connectivity index (χ1v) is 19.6. The number of hydrogen-bond acceptors (Lipinski definition) is 3. The van der Waals surface area contributed by atoms with Gasteiger partial charge in [0.05, 0.1) is 22.4 Å². The second-order valence-electron chi connectivity index (χ2n) is 15.0. The molecule has 4 heteroatoms. The largest absolute Gasteiger partial charge is 0.309 e. The molecule has 260 valence electrons. The van der Waals surface area contributed by atoms with E-state index in [0.29, 0.717) is 5.16 Å². The summed E-state index contributed by atoms with van der Waals surface area (Å²) in [6, 6.07) is 63.5. The number of aromatic nitrogens is 3. The molecule has 0 amide bonds. The first-order valence-electron chi connectivity index (χ1n) is 18.8. The summed E-state index contributed by atoms with van der Waals surface area (Å²) in [6.45, 7) is 4.71. The lowest BCUT2D eigenvalue weighted by molar-refractivity contribution is 0.661. The topological polar surface area (TPSA) is 30.7 Å². The first-order chi connectivity index (χ1) is 27.0. The normalized spacial score (nSPS) is 13.1. The van der Waals surface area contributed by atoms with Crippen molar-refractivity contribution >= 4 is 55.1 Å². The molecule has 0 spiro atoms. The minimum atomic E-state index is -0.0900. The zero-order chi connectivity index (χ0) is 36.7. The van der Waals surface area contributed by atoms with Gasteiger partial charge in [0.25, 0.3) is 0 Å². The minimum Gasteiger partial charge on any atom is -0.309 e. The van der Waals surface area contributed by atoms with Gasteiger partial charge in [-0.2, -0.15) is 0 Å². The fraction of sp³-hybridized carbons (Fsp3) is 0.0588. The van der Waals surface area contributed by atoms with E-state index in [1.807, 2.05) is 0 Å². The third-order valence-electron chi connectivity index (χ3n) is 11.5. The zero-order valence-corrected chi connectivity index (χ0v) is 31.3. The van der Waals surface area contributed by atoms with Crippen molar-refractivity contribution in [2.75, 3.05) is 0 Å². The van der Waals surface area contributed by atoms with Crippen LogP contribution < -0.4 is 0 Å². The van der Waals surface area contributed by atoms with Crippen LogP contribution in [0.4, 0.5) is 0 Å². The second-order valence-corrected chi connectivity index (χ2v) is 16.1. The number of fused-ring (bicyclic) bond motifs is 8. The summed E-state index contributed by atoms with van der Waals surface area (Å²) in [5.74, 6) is 0. The van der Waals surface area contributed by atoms with Gasteiger partial charge in [-0.05, 0) is 98.0 Å². The summed E-state index contributed by atoms with van der Waals surface area (Å²) < 4.78 is 2.43. The average Bonchev–Trinajstić information content (AvgIpc) is 3.67. The molecule has 0 unspecified atom stereocenters. The Morgan fingerprint density at radius 1 is 0.436 bits per heavy atom. The molecular weight excluding hydrogens is 687 g/mol. The highest BCUT2D eigenvalue weighted by Gasteiger charge is 2.36. The van der Waals surface area contributed by atoms with E-state index in [4.69, 9.17) is 9.97 Å². The van der Waals surface area contributed by atoms with Gasteiger partial charge in [0.15, 0.2) is 5.16 Å². The van der Waals surface area contributed by atoms with Gasteiger partial charge in [0.2, 0.25) is 0 Å². The Balaban J connectivity index is 1.07. The van der Waals surface area contributed by atoms with E-state index in [1.54, 1.807) is 11.8 Å². The van der Waals surface area contributed by atoms with Gasteiger partial charge in [-0.25, -0.2) is 9.97 Å². The number of para-hydroxylation sites is 1. The second kappa shape index (κ2) is 12.3. The van der Waals surface area contributed by atoms with Crippen LogP contribution in [0.3, 0.4) is 0 Å². The lowest BCUT2D eigenvalue weighted by atomic mass is 9.82. The highest BCUT2D eigenvalue weighted by molar-refractivity contribution is 7.99. The van der Waals surface area contributed by atoms with Crippen molar-refractivity contribution in [2.45, 2.75) is 29.3 Å². The van der Waals surface area contributed by atoms with E-state index in [0.717, 1.165) is 33.1 Å². The van der Waals surface area contributed by atoms with Gasteiger partial charge in [-0.3, -0.25) is 0 Å². The van der Waals surface area contributed by atoms with Crippen molar-refractivity contribution in [1.29, 1.82) is 0 Å².